The molecule has 20 heavy (non-hydrogen) atoms. The minimum absolute atomic E-state index is 0.165. The molecular weight excluding hydrogens is 256 g/mol. The molecule has 5 nitrogen and oxygen atoms in total. The third kappa shape index (κ3) is 3.17. The molecule has 1 amide bonds. The molecule has 0 fully saturated rings. The number of rotatable bonds is 6. The largest absolute Gasteiger partial charge is 0.465 e. The Kier molecular flexibility index (Phi) is 5.70. The first-order valence-corrected chi connectivity index (χ1v) is 6.73. The monoisotopic (exact) mass is 278 g/mol. The van der Waals surface area contributed by atoms with E-state index in [9.17, 15) is 9.59 Å². The predicted molar refractivity (Wildman–Crippen MR) is 78.5 cm³/mol. The standard InChI is InChI=1S/C15H22N2O3/c1-4-15(5-2,10-16)14(19)17-12-9-7-6-8-11(12)13(18)20-3/h6-9H,4-5,10,16H2,1-3H3,(H,17,19). The van der Waals surface area contributed by atoms with Crippen LogP contribution in [-0.4, -0.2) is 25.5 Å². The van der Waals surface area contributed by atoms with Crippen LogP contribution < -0.4 is 11.1 Å². The molecule has 1 rings (SSSR count). The van der Waals surface area contributed by atoms with Gasteiger partial charge in [0.25, 0.3) is 0 Å². The van der Waals surface area contributed by atoms with Gasteiger partial charge in [-0.2, -0.15) is 0 Å². The summed E-state index contributed by atoms with van der Waals surface area (Å²) in [5.41, 5.74) is 5.93. The average molecular weight is 278 g/mol. The second-order valence-corrected chi connectivity index (χ2v) is 4.68. The van der Waals surface area contributed by atoms with Crippen molar-refractivity contribution in [2.75, 3.05) is 19.0 Å². The number of nitrogens with one attached hydrogen (secondary N) is 1. The molecule has 5 heteroatoms. The highest BCUT2D eigenvalue weighted by atomic mass is 16.5. The maximum Gasteiger partial charge on any atom is 0.339 e. The first-order chi connectivity index (χ1) is 9.54. The Morgan fingerprint density at radius 1 is 1.25 bits per heavy atom. The lowest BCUT2D eigenvalue weighted by molar-refractivity contribution is -0.125. The summed E-state index contributed by atoms with van der Waals surface area (Å²) in [5.74, 6) is -0.645. The van der Waals surface area contributed by atoms with Crippen molar-refractivity contribution in [1.29, 1.82) is 0 Å². The molecule has 0 bridgehead atoms. The fourth-order valence-electron chi connectivity index (χ4n) is 2.09. The summed E-state index contributed by atoms with van der Waals surface area (Å²) in [6.45, 7) is 4.14. The van der Waals surface area contributed by atoms with Gasteiger partial charge in [-0.3, -0.25) is 4.79 Å². The zero-order chi connectivity index (χ0) is 15.2. The van der Waals surface area contributed by atoms with Crippen molar-refractivity contribution < 1.29 is 14.3 Å². The highest BCUT2D eigenvalue weighted by Gasteiger charge is 2.33. The van der Waals surface area contributed by atoms with Gasteiger partial charge in [0.05, 0.1) is 23.8 Å². The summed E-state index contributed by atoms with van der Waals surface area (Å²) in [7, 11) is 1.31. The molecule has 0 radical (unpaired) electrons. The third-order valence-corrected chi connectivity index (χ3v) is 3.81. The van der Waals surface area contributed by atoms with Crippen LogP contribution in [0, 0.1) is 5.41 Å². The molecule has 0 aliphatic rings. The Hall–Kier alpha value is -1.88. The number of anilines is 1. The molecule has 0 heterocycles. The van der Waals surface area contributed by atoms with Gasteiger partial charge in [0.2, 0.25) is 5.91 Å². The molecule has 0 saturated carbocycles. The van der Waals surface area contributed by atoms with E-state index in [1.54, 1.807) is 24.3 Å². The van der Waals surface area contributed by atoms with Gasteiger partial charge in [0.15, 0.2) is 0 Å². The van der Waals surface area contributed by atoms with Crippen LogP contribution >= 0.6 is 0 Å². The Morgan fingerprint density at radius 2 is 1.85 bits per heavy atom. The zero-order valence-electron chi connectivity index (χ0n) is 12.2. The van der Waals surface area contributed by atoms with Crippen LogP contribution in [-0.2, 0) is 9.53 Å². The van der Waals surface area contributed by atoms with Crippen LogP contribution in [0.5, 0.6) is 0 Å². The van der Waals surface area contributed by atoms with Gasteiger partial charge >= 0.3 is 5.97 Å². The molecule has 0 atom stereocenters. The van der Waals surface area contributed by atoms with E-state index in [4.69, 9.17) is 10.5 Å². The van der Waals surface area contributed by atoms with Crippen LogP contribution in [0.25, 0.3) is 0 Å². The number of nitrogens with two attached hydrogens (primary N) is 1. The second kappa shape index (κ2) is 7.05. The van der Waals surface area contributed by atoms with Crippen molar-refractivity contribution in [1.82, 2.24) is 0 Å². The summed E-state index contributed by atoms with van der Waals surface area (Å²) in [4.78, 5) is 24.1. The average Bonchev–Trinajstić information content (AvgIpc) is 2.49. The number of methoxy groups -OCH3 is 1. The molecule has 0 aliphatic heterocycles. The highest BCUT2D eigenvalue weighted by Crippen LogP contribution is 2.28. The Bertz CT molecular complexity index is 473. The third-order valence-electron chi connectivity index (χ3n) is 3.81. The lowest BCUT2D eigenvalue weighted by Crippen LogP contribution is -2.41. The van der Waals surface area contributed by atoms with Gasteiger partial charge < -0.3 is 15.8 Å². The van der Waals surface area contributed by atoms with Crippen LogP contribution in [0.1, 0.15) is 37.0 Å². The van der Waals surface area contributed by atoms with E-state index in [0.29, 0.717) is 24.1 Å². The van der Waals surface area contributed by atoms with E-state index < -0.39 is 11.4 Å². The first-order valence-electron chi connectivity index (χ1n) is 6.73. The normalized spacial score (nSPS) is 11.0. The molecule has 0 aromatic heterocycles. The van der Waals surface area contributed by atoms with Gasteiger partial charge in [0.1, 0.15) is 0 Å². The Balaban J connectivity index is 3.04. The number of benzene rings is 1. The molecule has 110 valence electrons. The van der Waals surface area contributed by atoms with Crippen molar-refractivity contribution in [3.8, 4) is 0 Å². The van der Waals surface area contributed by atoms with E-state index in [0.717, 1.165) is 0 Å². The van der Waals surface area contributed by atoms with Gasteiger partial charge in [-0.05, 0) is 25.0 Å². The molecule has 1 aromatic rings. The predicted octanol–water partition coefficient (Wildman–Crippen LogP) is 2.18. The van der Waals surface area contributed by atoms with Gasteiger partial charge in [-0.25, -0.2) is 4.79 Å². The Morgan fingerprint density at radius 3 is 2.35 bits per heavy atom. The summed E-state index contributed by atoms with van der Waals surface area (Å²) in [6, 6.07) is 6.77. The minimum atomic E-state index is -0.608. The number of amides is 1. The van der Waals surface area contributed by atoms with E-state index in [-0.39, 0.29) is 12.5 Å². The number of hydrogen-bond donors (Lipinski definition) is 2. The lowest BCUT2D eigenvalue weighted by Gasteiger charge is -2.28. The smallest absolute Gasteiger partial charge is 0.339 e. The van der Waals surface area contributed by atoms with Crippen LogP contribution in [0.4, 0.5) is 5.69 Å². The van der Waals surface area contributed by atoms with E-state index in [2.05, 4.69) is 5.32 Å². The van der Waals surface area contributed by atoms with Gasteiger partial charge in [-0.15, -0.1) is 0 Å². The van der Waals surface area contributed by atoms with Crippen molar-refractivity contribution in [3.05, 3.63) is 29.8 Å². The lowest BCUT2D eigenvalue weighted by atomic mass is 9.81. The number of esters is 1. The fraction of sp³-hybridized carbons (Fsp3) is 0.467. The number of carbonyl (C=O) groups is 2. The number of para-hydroxylation sites is 1. The van der Waals surface area contributed by atoms with Crippen molar-refractivity contribution in [2.45, 2.75) is 26.7 Å². The SMILES string of the molecule is CCC(CC)(CN)C(=O)Nc1ccccc1C(=O)OC. The Labute approximate surface area is 119 Å². The molecule has 0 saturated heterocycles. The quantitative estimate of drug-likeness (QED) is 0.781. The molecule has 3 N–H and O–H groups in total. The summed E-state index contributed by atoms with van der Waals surface area (Å²) >= 11 is 0. The van der Waals surface area contributed by atoms with Crippen LogP contribution in [0.3, 0.4) is 0 Å². The van der Waals surface area contributed by atoms with Crippen LogP contribution in [0.15, 0.2) is 24.3 Å². The molecule has 1 aromatic carbocycles. The van der Waals surface area contributed by atoms with Crippen molar-refractivity contribution in [3.63, 3.8) is 0 Å². The number of carbonyl (C=O) groups excluding carboxylic acids is 2. The molecule has 0 spiro atoms. The molecule has 0 unspecified atom stereocenters. The van der Waals surface area contributed by atoms with Crippen molar-refractivity contribution in [2.24, 2.45) is 11.1 Å². The van der Waals surface area contributed by atoms with E-state index in [1.807, 2.05) is 13.8 Å². The summed E-state index contributed by atoms with van der Waals surface area (Å²) in [5, 5.41) is 2.80. The first kappa shape index (κ1) is 16.2. The van der Waals surface area contributed by atoms with Crippen molar-refractivity contribution >= 4 is 17.6 Å². The zero-order valence-corrected chi connectivity index (χ0v) is 12.2. The maximum atomic E-state index is 12.4. The fourth-order valence-corrected chi connectivity index (χ4v) is 2.09. The van der Waals surface area contributed by atoms with E-state index in [1.165, 1.54) is 7.11 Å². The second-order valence-electron chi connectivity index (χ2n) is 4.68. The van der Waals surface area contributed by atoms with E-state index >= 15 is 0 Å². The van der Waals surface area contributed by atoms with Gasteiger partial charge in [-0.1, -0.05) is 26.0 Å². The minimum Gasteiger partial charge on any atom is -0.465 e. The summed E-state index contributed by atoms with van der Waals surface area (Å²) < 4.78 is 4.71. The maximum absolute atomic E-state index is 12.4. The van der Waals surface area contributed by atoms with Gasteiger partial charge in [0, 0.05) is 6.54 Å². The van der Waals surface area contributed by atoms with Crippen LogP contribution in [0.2, 0.25) is 0 Å². The highest BCUT2D eigenvalue weighted by molar-refractivity contribution is 6.02. The molecular formula is C15H22N2O3. The molecule has 0 aliphatic carbocycles. The summed E-state index contributed by atoms with van der Waals surface area (Å²) in [6.07, 6.45) is 1.29. The number of hydrogen-bond acceptors (Lipinski definition) is 4. The topological polar surface area (TPSA) is 81.4 Å². The number of ether oxygens (including phenoxy) is 1.